The Morgan fingerprint density at radius 2 is 2.28 bits per heavy atom. The van der Waals surface area contributed by atoms with Crippen LogP contribution >= 0.6 is 0 Å². The van der Waals surface area contributed by atoms with Crippen LogP contribution in [0.4, 0.5) is 0 Å². The lowest BCUT2D eigenvalue weighted by Gasteiger charge is -2.26. The number of hydrogen-bond acceptors (Lipinski definition) is 3. The highest BCUT2D eigenvalue weighted by molar-refractivity contribution is 5.69. The van der Waals surface area contributed by atoms with E-state index in [1.165, 1.54) is 12.8 Å². The molecule has 1 heterocycles. The summed E-state index contributed by atoms with van der Waals surface area (Å²) in [6, 6.07) is 0.422. The predicted octanol–water partition coefficient (Wildman–Crippen LogP) is 1.73. The van der Waals surface area contributed by atoms with Gasteiger partial charge in [-0.1, -0.05) is 12.8 Å². The van der Waals surface area contributed by atoms with Crippen LogP contribution in [0.15, 0.2) is 12.4 Å². The van der Waals surface area contributed by atoms with Crippen LogP contribution in [0.1, 0.15) is 38.2 Å². The molecule has 1 N–H and O–H groups in total. The summed E-state index contributed by atoms with van der Waals surface area (Å²) in [5.41, 5.74) is 1.10. The van der Waals surface area contributed by atoms with Crippen molar-refractivity contribution in [2.24, 2.45) is 0 Å². The van der Waals surface area contributed by atoms with Gasteiger partial charge in [-0.05, 0) is 19.8 Å². The van der Waals surface area contributed by atoms with Gasteiger partial charge < -0.3 is 5.11 Å². The molecule has 5 heteroatoms. The van der Waals surface area contributed by atoms with Crippen LogP contribution in [0, 0.1) is 0 Å². The van der Waals surface area contributed by atoms with Gasteiger partial charge in [0.05, 0.1) is 12.7 Å². The summed E-state index contributed by atoms with van der Waals surface area (Å²) >= 11 is 0. The van der Waals surface area contributed by atoms with E-state index in [1.807, 2.05) is 24.0 Å². The van der Waals surface area contributed by atoms with Gasteiger partial charge in [-0.3, -0.25) is 14.4 Å². The number of aromatic nitrogens is 2. The minimum atomic E-state index is -0.746. The van der Waals surface area contributed by atoms with Crippen LogP contribution in [0.2, 0.25) is 0 Å². The molecular weight excluding hydrogens is 230 g/mol. The Kier molecular flexibility index (Phi) is 4.36. The van der Waals surface area contributed by atoms with Crippen LogP contribution in [0.3, 0.4) is 0 Å². The third-order valence-electron chi connectivity index (χ3n) is 3.58. The maximum Gasteiger partial charge on any atom is 0.317 e. The van der Waals surface area contributed by atoms with Crippen molar-refractivity contribution < 1.29 is 9.90 Å². The number of carbonyl (C=O) groups is 1. The summed E-state index contributed by atoms with van der Waals surface area (Å²) < 4.78 is 1.88. The number of aliphatic carboxylic acids is 1. The number of aryl methyl sites for hydroxylation is 1. The molecule has 1 saturated carbocycles. The van der Waals surface area contributed by atoms with E-state index in [4.69, 9.17) is 5.11 Å². The number of nitrogens with zero attached hydrogens (tertiary/aromatic N) is 3. The van der Waals surface area contributed by atoms with Gasteiger partial charge >= 0.3 is 5.97 Å². The van der Waals surface area contributed by atoms with Crippen molar-refractivity contribution >= 4 is 5.97 Å². The molecule has 0 radical (unpaired) electrons. The summed E-state index contributed by atoms with van der Waals surface area (Å²) in [4.78, 5) is 13.0. The maximum absolute atomic E-state index is 11.0. The molecule has 1 aromatic rings. The molecule has 5 nitrogen and oxygen atoms in total. The first-order valence-electron chi connectivity index (χ1n) is 6.66. The third-order valence-corrected chi connectivity index (χ3v) is 3.58. The zero-order valence-corrected chi connectivity index (χ0v) is 10.9. The van der Waals surface area contributed by atoms with Crippen molar-refractivity contribution in [3.05, 3.63) is 18.0 Å². The van der Waals surface area contributed by atoms with Crippen molar-refractivity contribution in [3.8, 4) is 0 Å². The van der Waals surface area contributed by atoms with E-state index in [1.54, 1.807) is 0 Å². The van der Waals surface area contributed by atoms with Crippen LogP contribution in [0.5, 0.6) is 0 Å². The Morgan fingerprint density at radius 1 is 1.56 bits per heavy atom. The number of carboxylic acid groups (broad SMARTS) is 1. The van der Waals surface area contributed by atoms with Crippen LogP contribution < -0.4 is 0 Å². The molecule has 100 valence electrons. The van der Waals surface area contributed by atoms with E-state index in [9.17, 15) is 4.79 Å². The second-order valence-electron chi connectivity index (χ2n) is 4.94. The second-order valence-corrected chi connectivity index (χ2v) is 4.94. The third kappa shape index (κ3) is 3.32. The van der Waals surface area contributed by atoms with Gasteiger partial charge in [0.2, 0.25) is 0 Å². The highest BCUT2D eigenvalue weighted by Gasteiger charge is 2.24. The molecule has 0 amide bonds. The summed E-state index contributed by atoms with van der Waals surface area (Å²) in [6.45, 7) is 3.71. The lowest BCUT2D eigenvalue weighted by Crippen LogP contribution is -2.36. The van der Waals surface area contributed by atoms with Gasteiger partial charge in [0.1, 0.15) is 0 Å². The first kappa shape index (κ1) is 13.1. The van der Waals surface area contributed by atoms with E-state index in [0.717, 1.165) is 24.9 Å². The zero-order valence-electron chi connectivity index (χ0n) is 10.9. The Hall–Kier alpha value is -1.36. The monoisotopic (exact) mass is 251 g/mol. The Labute approximate surface area is 107 Å². The summed E-state index contributed by atoms with van der Waals surface area (Å²) in [5.74, 6) is -0.746. The van der Waals surface area contributed by atoms with E-state index in [-0.39, 0.29) is 6.54 Å². The molecule has 18 heavy (non-hydrogen) atoms. The molecule has 0 unspecified atom stereocenters. The lowest BCUT2D eigenvalue weighted by molar-refractivity contribution is -0.139. The molecule has 2 rings (SSSR count). The minimum Gasteiger partial charge on any atom is -0.480 e. The number of hydrogen-bond donors (Lipinski definition) is 1. The molecule has 0 spiro atoms. The molecule has 0 saturated heterocycles. The molecule has 1 aliphatic carbocycles. The average molecular weight is 251 g/mol. The van der Waals surface area contributed by atoms with Gasteiger partial charge in [0, 0.05) is 30.9 Å². The smallest absolute Gasteiger partial charge is 0.317 e. The topological polar surface area (TPSA) is 58.4 Å². The SMILES string of the molecule is CCn1cc(CN(CC(=O)O)C2CCCC2)cn1. The molecule has 1 fully saturated rings. The molecule has 0 aromatic carbocycles. The number of rotatable bonds is 6. The number of carboxylic acids is 1. The van der Waals surface area contributed by atoms with Crippen LogP contribution in [0.25, 0.3) is 0 Å². The second kappa shape index (κ2) is 6.00. The maximum atomic E-state index is 11.0. The fourth-order valence-corrected chi connectivity index (χ4v) is 2.65. The first-order valence-corrected chi connectivity index (χ1v) is 6.66. The van der Waals surface area contributed by atoms with Gasteiger partial charge in [-0.15, -0.1) is 0 Å². The van der Waals surface area contributed by atoms with E-state index < -0.39 is 5.97 Å². The van der Waals surface area contributed by atoms with Crippen molar-refractivity contribution in [2.75, 3.05) is 6.54 Å². The molecule has 1 aliphatic rings. The van der Waals surface area contributed by atoms with Gasteiger partial charge in [0.25, 0.3) is 0 Å². The summed E-state index contributed by atoms with van der Waals surface area (Å²) in [6.07, 6.45) is 8.52. The summed E-state index contributed by atoms with van der Waals surface area (Å²) in [7, 11) is 0. The molecular formula is C13H21N3O2. The highest BCUT2D eigenvalue weighted by atomic mass is 16.4. The van der Waals surface area contributed by atoms with E-state index in [0.29, 0.717) is 12.6 Å². The predicted molar refractivity (Wildman–Crippen MR) is 68.2 cm³/mol. The largest absolute Gasteiger partial charge is 0.480 e. The normalized spacial score (nSPS) is 16.6. The van der Waals surface area contributed by atoms with E-state index >= 15 is 0 Å². The standard InChI is InChI=1S/C13H21N3O2/c1-2-16-9-11(7-14-16)8-15(10-13(17)18)12-5-3-4-6-12/h7,9,12H,2-6,8,10H2,1H3,(H,17,18). The van der Waals surface area contributed by atoms with Gasteiger partial charge in [-0.25, -0.2) is 0 Å². The highest BCUT2D eigenvalue weighted by Crippen LogP contribution is 2.24. The average Bonchev–Trinajstić information content (AvgIpc) is 2.98. The fourth-order valence-electron chi connectivity index (χ4n) is 2.65. The molecule has 0 bridgehead atoms. The van der Waals surface area contributed by atoms with Crippen LogP contribution in [-0.2, 0) is 17.9 Å². The van der Waals surface area contributed by atoms with Crippen LogP contribution in [-0.4, -0.2) is 38.3 Å². The summed E-state index contributed by atoms with van der Waals surface area (Å²) in [5, 5.41) is 13.2. The van der Waals surface area contributed by atoms with E-state index in [2.05, 4.69) is 10.00 Å². The van der Waals surface area contributed by atoms with Crippen molar-refractivity contribution in [3.63, 3.8) is 0 Å². The molecule has 0 atom stereocenters. The van der Waals surface area contributed by atoms with Crippen molar-refractivity contribution in [1.82, 2.24) is 14.7 Å². The Bertz CT molecular complexity index is 397. The Balaban J connectivity index is 2.01. The minimum absolute atomic E-state index is 0.127. The quantitative estimate of drug-likeness (QED) is 0.836. The van der Waals surface area contributed by atoms with Gasteiger partial charge in [-0.2, -0.15) is 5.10 Å². The molecule has 0 aliphatic heterocycles. The lowest BCUT2D eigenvalue weighted by atomic mass is 10.2. The van der Waals surface area contributed by atoms with Gasteiger partial charge in [0.15, 0.2) is 0 Å². The van der Waals surface area contributed by atoms with Crippen molar-refractivity contribution in [2.45, 2.75) is 51.7 Å². The molecule has 1 aromatic heterocycles. The zero-order chi connectivity index (χ0) is 13.0. The first-order chi connectivity index (χ1) is 8.69. The Morgan fingerprint density at radius 3 is 2.83 bits per heavy atom. The fraction of sp³-hybridized carbons (Fsp3) is 0.692. The van der Waals surface area contributed by atoms with Crippen molar-refractivity contribution in [1.29, 1.82) is 0 Å².